The average molecular weight is 457 g/mol. The Morgan fingerprint density at radius 2 is 2.04 bits per heavy atom. The Morgan fingerprint density at radius 1 is 1.28 bits per heavy atom. The molecule has 0 amide bonds. The molecule has 1 aliphatic carbocycles. The van der Waals surface area contributed by atoms with Crippen LogP contribution >= 0.6 is 24.0 Å². The Labute approximate surface area is 169 Å². The summed E-state index contributed by atoms with van der Waals surface area (Å²) in [7, 11) is 4.04. The molecule has 0 bridgehead atoms. The van der Waals surface area contributed by atoms with Crippen LogP contribution in [0.4, 0.5) is 5.82 Å². The quantitative estimate of drug-likeness (QED) is 0.427. The van der Waals surface area contributed by atoms with Gasteiger partial charge in [-0.1, -0.05) is 18.9 Å². The van der Waals surface area contributed by atoms with Crippen LogP contribution in [0.3, 0.4) is 0 Å². The highest BCUT2D eigenvalue weighted by atomic mass is 127. The van der Waals surface area contributed by atoms with E-state index in [1.54, 1.807) is 0 Å². The van der Waals surface area contributed by atoms with Crippen LogP contribution < -0.4 is 10.2 Å². The molecular formula is C19H32IN5. The lowest BCUT2D eigenvalue weighted by Gasteiger charge is -2.26. The molecule has 140 valence electrons. The number of halogens is 1. The number of likely N-dealkylation sites (tertiary alicyclic amines) is 1. The molecule has 2 aliphatic rings. The lowest BCUT2D eigenvalue weighted by atomic mass is 9.86. The number of guanidine groups is 1. The fraction of sp³-hybridized carbons (Fsp3) is 0.684. The third-order valence-corrected chi connectivity index (χ3v) is 5.38. The minimum atomic E-state index is 0. The van der Waals surface area contributed by atoms with E-state index in [4.69, 9.17) is 4.99 Å². The van der Waals surface area contributed by atoms with Gasteiger partial charge in [-0.25, -0.2) is 9.98 Å². The van der Waals surface area contributed by atoms with Gasteiger partial charge in [0.15, 0.2) is 5.96 Å². The van der Waals surface area contributed by atoms with E-state index in [1.807, 2.05) is 25.1 Å². The molecular weight excluding hydrogens is 425 g/mol. The first-order valence-electron chi connectivity index (χ1n) is 9.28. The maximum Gasteiger partial charge on any atom is 0.194 e. The van der Waals surface area contributed by atoms with Crippen molar-refractivity contribution < 1.29 is 0 Å². The third kappa shape index (κ3) is 4.99. The SMILES string of the molecule is CCNC(=NCc1cccc(N(C)C)n1)N1CCC2(CCCC2)C1.I. The lowest BCUT2D eigenvalue weighted by Crippen LogP contribution is -2.41. The summed E-state index contributed by atoms with van der Waals surface area (Å²) < 4.78 is 0. The van der Waals surface area contributed by atoms with Crippen molar-refractivity contribution >= 4 is 35.8 Å². The van der Waals surface area contributed by atoms with Crippen LogP contribution in [0.5, 0.6) is 0 Å². The Morgan fingerprint density at radius 3 is 2.72 bits per heavy atom. The predicted molar refractivity (Wildman–Crippen MR) is 116 cm³/mol. The van der Waals surface area contributed by atoms with E-state index in [9.17, 15) is 0 Å². The second kappa shape index (κ2) is 9.05. The van der Waals surface area contributed by atoms with Crippen molar-refractivity contribution in [3.05, 3.63) is 23.9 Å². The van der Waals surface area contributed by atoms with Gasteiger partial charge in [0.25, 0.3) is 0 Å². The van der Waals surface area contributed by atoms with E-state index in [-0.39, 0.29) is 24.0 Å². The molecule has 1 N–H and O–H groups in total. The summed E-state index contributed by atoms with van der Waals surface area (Å²) in [6, 6.07) is 6.15. The summed E-state index contributed by atoms with van der Waals surface area (Å²) in [5, 5.41) is 3.48. The van der Waals surface area contributed by atoms with Crippen molar-refractivity contribution in [3.8, 4) is 0 Å². The van der Waals surface area contributed by atoms with E-state index < -0.39 is 0 Å². The molecule has 3 rings (SSSR count). The van der Waals surface area contributed by atoms with Gasteiger partial charge < -0.3 is 15.1 Å². The van der Waals surface area contributed by atoms with E-state index >= 15 is 0 Å². The Hall–Kier alpha value is -1.05. The van der Waals surface area contributed by atoms with Gasteiger partial charge in [0.05, 0.1) is 12.2 Å². The molecule has 1 spiro atoms. The van der Waals surface area contributed by atoms with Crippen LogP contribution in [0.15, 0.2) is 23.2 Å². The molecule has 0 unspecified atom stereocenters. The van der Waals surface area contributed by atoms with E-state index in [1.165, 1.54) is 38.6 Å². The number of anilines is 1. The van der Waals surface area contributed by atoms with E-state index in [0.717, 1.165) is 30.6 Å². The number of pyridine rings is 1. The largest absolute Gasteiger partial charge is 0.363 e. The molecule has 1 saturated heterocycles. The maximum absolute atomic E-state index is 4.87. The molecule has 5 nitrogen and oxygen atoms in total. The van der Waals surface area contributed by atoms with Gasteiger partial charge in [0.1, 0.15) is 5.82 Å². The monoisotopic (exact) mass is 457 g/mol. The number of nitrogens with zero attached hydrogens (tertiary/aromatic N) is 4. The minimum Gasteiger partial charge on any atom is -0.363 e. The van der Waals surface area contributed by atoms with Crippen molar-refractivity contribution in [2.45, 2.75) is 45.6 Å². The highest BCUT2D eigenvalue weighted by Crippen LogP contribution is 2.45. The van der Waals surface area contributed by atoms with Crippen molar-refractivity contribution in [3.63, 3.8) is 0 Å². The van der Waals surface area contributed by atoms with Gasteiger partial charge in [0.2, 0.25) is 0 Å². The first-order valence-corrected chi connectivity index (χ1v) is 9.28. The number of rotatable bonds is 4. The van der Waals surface area contributed by atoms with Gasteiger partial charge in [-0.05, 0) is 43.7 Å². The van der Waals surface area contributed by atoms with Crippen molar-refractivity contribution in [1.29, 1.82) is 0 Å². The van der Waals surface area contributed by atoms with Crippen LogP contribution in [0.2, 0.25) is 0 Å². The average Bonchev–Trinajstić information content (AvgIpc) is 3.22. The van der Waals surface area contributed by atoms with Gasteiger partial charge in [-0.15, -0.1) is 24.0 Å². The predicted octanol–water partition coefficient (Wildman–Crippen LogP) is 3.50. The summed E-state index contributed by atoms with van der Waals surface area (Å²) in [6.07, 6.45) is 6.93. The van der Waals surface area contributed by atoms with Crippen molar-refractivity contribution in [1.82, 2.24) is 15.2 Å². The maximum atomic E-state index is 4.87. The Balaban J connectivity index is 0.00000225. The number of hydrogen-bond acceptors (Lipinski definition) is 3. The van der Waals surface area contributed by atoms with Crippen LogP contribution in [-0.4, -0.2) is 49.6 Å². The van der Waals surface area contributed by atoms with E-state index in [2.05, 4.69) is 34.3 Å². The molecule has 25 heavy (non-hydrogen) atoms. The molecule has 2 heterocycles. The standard InChI is InChI=1S/C19H31N5.HI/c1-4-20-18(24-13-12-19(15-24)10-5-6-11-19)21-14-16-8-7-9-17(22-16)23(2)3;/h7-9H,4-6,10-15H2,1-3H3,(H,20,21);1H. The molecule has 1 aromatic rings. The molecule has 0 aromatic carbocycles. The number of aromatic nitrogens is 1. The molecule has 0 atom stereocenters. The zero-order chi connectivity index (χ0) is 17.0. The van der Waals surface area contributed by atoms with E-state index in [0.29, 0.717) is 12.0 Å². The summed E-state index contributed by atoms with van der Waals surface area (Å²) in [5.41, 5.74) is 1.59. The lowest BCUT2D eigenvalue weighted by molar-refractivity contribution is 0.309. The molecule has 6 heteroatoms. The van der Waals surface area contributed by atoms with Gasteiger partial charge in [-0.3, -0.25) is 0 Å². The fourth-order valence-electron chi connectivity index (χ4n) is 4.03. The molecule has 0 radical (unpaired) electrons. The number of hydrogen-bond donors (Lipinski definition) is 1. The zero-order valence-corrected chi connectivity index (χ0v) is 18.1. The molecule has 1 saturated carbocycles. The second-order valence-electron chi connectivity index (χ2n) is 7.43. The number of nitrogens with one attached hydrogen (secondary N) is 1. The van der Waals surface area contributed by atoms with Crippen molar-refractivity contribution in [2.24, 2.45) is 10.4 Å². The summed E-state index contributed by atoms with van der Waals surface area (Å²) in [4.78, 5) is 14.0. The van der Waals surface area contributed by atoms with Crippen LogP contribution in [0, 0.1) is 5.41 Å². The first-order chi connectivity index (χ1) is 11.6. The fourth-order valence-corrected chi connectivity index (χ4v) is 4.03. The summed E-state index contributed by atoms with van der Waals surface area (Å²) in [6.45, 7) is 5.99. The smallest absolute Gasteiger partial charge is 0.194 e. The van der Waals surface area contributed by atoms with Gasteiger partial charge in [-0.2, -0.15) is 0 Å². The highest BCUT2D eigenvalue weighted by molar-refractivity contribution is 14.0. The molecule has 2 fully saturated rings. The van der Waals surface area contributed by atoms with Gasteiger partial charge in [0, 0.05) is 33.7 Å². The first kappa shape index (κ1) is 20.3. The summed E-state index contributed by atoms with van der Waals surface area (Å²) >= 11 is 0. The molecule has 1 aromatic heterocycles. The summed E-state index contributed by atoms with van der Waals surface area (Å²) in [5.74, 6) is 2.04. The Kier molecular flexibility index (Phi) is 7.34. The Bertz CT molecular complexity index is 581. The van der Waals surface area contributed by atoms with Gasteiger partial charge >= 0.3 is 0 Å². The van der Waals surface area contributed by atoms with Crippen LogP contribution in [-0.2, 0) is 6.54 Å². The van der Waals surface area contributed by atoms with Crippen molar-refractivity contribution in [2.75, 3.05) is 38.6 Å². The minimum absolute atomic E-state index is 0. The zero-order valence-electron chi connectivity index (χ0n) is 15.8. The number of aliphatic imine (C=N–C) groups is 1. The topological polar surface area (TPSA) is 43.8 Å². The highest BCUT2D eigenvalue weighted by Gasteiger charge is 2.41. The van der Waals surface area contributed by atoms with Crippen LogP contribution in [0.1, 0.15) is 44.7 Å². The second-order valence-corrected chi connectivity index (χ2v) is 7.43. The van der Waals surface area contributed by atoms with Crippen LogP contribution in [0.25, 0.3) is 0 Å². The normalized spacial score (nSPS) is 19.2. The molecule has 1 aliphatic heterocycles. The third-order valence-electron chi connectivity index (χ3n) is 5.38.